The second-order valence-electron chi connectivity index (χ2n) is 3.78. The van der Waals surface area contributed by atoms with Crippen molar-refractivity contribution in [3.05, 3.63) is 5.92 Å². The Labute approximate surface area is 65.0 Å². The van der Waals surface area contributed by atoms with E-state index >= 15 is 0 Å². The van der Waals surface area contributed by atoms with Crippen molar-refractivity contribution in [1.82, 2.24) is 0 Å². The summed E-state index contributed by atoms with van der Waals surface area (Å²) in [5.41, 5.74) is 0. The van der Waals surface area contributed by atoms with Crippen LogP contribution in [0.5, 0.6) is 0 Å². The van der Waals surface area contributed by atoms with Crippen LogP contribution in [0.4, 0.5) is 0 Å². The van der Waals surface area contributed by atoms with E-state index in [1.807, 2.05) is 0 Å². The van der Waals surface area contributed by atoms with Crippen molar-refractivity contribution in [2.75, 3.05) is 0 Å². The van der Waals surface area contributed by atoms with Crippen molar-refractivity contribution in [3.8, 4) is 0 Å². The second-order valence-corrected chi connectivity index (χ2v) is 3.78. The summed E-state index contributed by atoms with van der Waals surface area (Å²) >= 11 is 0. The van der Waals surface area contributed by atoms with Gasteiger partial charge in [0.2, 0.25) is 0 Å². The van der Waals surface area contributed by atoms with Crippen LogP contribution in [0.3, 0.4) is 0 Å². The monoisotopic (exact) mass is 139 g/mol. The van der Waals surface area contributed by atoms with Crippen molar-refractivity contribution in [1.29, 1.82) is 0 Å². The Hall–Kier alpha value is 0. The first-order valence-electron chi connectivity index (χ1n) is 4.58. The summed E-state index contributed by atoms with van der Waals surface area (Å²) in [6, 6.07) is 0. The fraction of sp³-hybridized carbons (Fsp3) is 0.900. The summed E-state index contributed by atoms with van der Waals surface area (Å²) in [6.07, 6.45) is 5.63. The summed E-state index contributed by atoms with van der Waals surface area (Å²) in [5.74, 6) is 3.73. The fourth-order valence-electron chi connectivity index (χ4n) is 2.08. The van der Waals surface area contributed by atoms with E-state index in [-0.39, 0.29) is 0 Å². The molecule has 0 nitrogen and oxygen atoms in total. The fourth-order valence-corrected chi connectivity index (χ4v) is 2.08. The van der Waals surface area contributed by atoms with Crippen molar-refractivity contribution in [2.24, 2.45) is 11.8 Å². The Morgan fingerprint density at radius 3 is 2.60 bits per heavy atom. The average Bonchev–Trinajstić information content (AvgIpc) is 1.89. The third kappa shape index (κ3) is 1.53. The maximum absolute atomic E-state index is 2.38. The molecule has 1 aliphatic carbocycles. The smallest absolute Gasteiger partial charge is 0.0557 e. The summed E-state index contributed by atoms with van der Waals surface area (Å²) < 4.78 is 0. The van der Waals surface area contributed by atoms with Crippen LogP contribution in [0.25, 0.3) is 0 Å². The lowest BCUT2D eigenvalue weighted by molar-refractivity contribution is 0.221. The largest absolute Gasteiger partial charge is 0.313 e. The van der Waals surface area contributed by atoms with Crippen LogP contribution in [0.1, 0.15) is 46.5 Å². The lowest BCUT2D eigenvalue weighted by atomic mass is 9.65. The molecule has 0 aromatic carbocycles. The van der Waals surface area contributed by atoms with Gasteiger partial charge in [-0.05, 0) is 0 Å². The Morgan fingerprint density at radius 1 is 1.50 bits per heavy atom. The molecule has 0 N–H and O–H groups in total. The molecule has 1 aliphatic rings. The Bertz CT molecular complexity index is 88.2. The molecular weight excluding hydrogens is 120 g/mol. The van der Waals surface area contributed by atoms with E-state index in [1.54, 1.807) is 5.92 Å². The minimum Gasteiger partial charge on any atom is -0.313 e. The molecule has 1 saturated carbocycles. The Balaban J connectivity index is 2.14. The van der Waals surface area contributed by atoms with Crippen LogP contribution >= 0.6 is 0 Å². The predicted molar refractivity (Wildman–Crippen MR) is 45.7 cm³/mol. The standard InChI is InChI=1S/C10H19/c1-4-5-6-10-8(2)7-9(10)3/h8,10H,4-7H2,1-3H3/q-1. The average molecular weight is 139 g/mol. The molecule has 0 amide bonds. The van der Waals surface area contributed by atoms with E-state index in [0.29, 0.717) is 0 Å². The molecule has 0 spiro atoms. The number of rotatable bonds is 3. The first-order valence-corrected chi connectivity index (χ1v) is 4.58. The van der Waals surface area contributed by atoms with Gasteiger partial charge in [-0.15, -0.1) is 0 Å². The van der Waals surface area contributed by atoms with Gasteiger partial charge in [0.15, 0.2) is 0 Å². The highest BCUT2D eigenvalue weighted by Crippen LogP contribution is 2.44. The molecule has 1 fully saturated rings. The van der Waals surface area contributed by atoms with Crippen LogP contribution in [0.2, 0.25) is 0 Å². The van der Waals surface area contributed by atoms with Crippen molar-refractivity contribution in [3.63, 3.8) is 0 Å². The Kier molecular flexibility index (Phi) is 2.76. The quantitative estimate of drug-likeness (QED) is 0.525. The minimum atomic E-state index is 0.986. The summed E-state index contributed by atoms with van der Waals surface area (Å²) in [4.78, 5) is 0. The zero-order valence-electron chi connectivity index (χ0n) is 7.48. The molecule has 1 rings (SSSR count). The van der Waals surface area contributed by atoms with Crippen LogP contribution in [0, 0.1) is 17.8 Å². The molecular formula is C10H19-. The molecule has 0 radical (unpaired) electrons. The number of hydrogen-bond donors (Lipinski definition) is 0. The van der Waals surface area contributed by atoms with E-state index in [4.69, 9.17) is 0 Å². The zero-order chi connectivity index (χ0) is 7.56. The van der Waals surface area contributed by atoms with E-state index in [9.17, 15) is 0 Å². The van der Waals surface area contributed by atoms with Crippen molar-refractivity contribution >= 4 is 0 Å². The number of hydrogen-bond acceptors (Lipinski definition) is 0. The van der Waals surface area contributed by atoms with E-state index in [2.05, 4.69) is 20.8 Å². The van der Waals surface area contributed by atoms with Gasteiger partial charge >= 0.3 is 0 Å². The van der Waals surface area contributed by atoms with Gasteiger partial charge < -0.3 is 5.92 Å². The maximum atomic E-state index is 2.38. The molecule has 0 saturated heterocycles. The topological polar surface area (TPSA) is 0 Å². The lowest BCUT2D eigenvalue weighted by Gasteiger charge is -2.54. The van der Waals surface area contributed by atoms with Gasteiger partial charge in [-0.1, -0.05) is 39.0 Å². The molecule has 0 bridgehead atoms. The van der Waals surface area contributed by atoms with E-state index in [0.717, 1.165) is 11.8 Å². The predicted octanol–water partition coefficient (Wildman–Crippen LogP) is 3.43. The first kappa shape index (κ1) is 8.10. The van der Waals surface area contributed by atoms with E-state index < -0.39 is 0 Å². The van der Waals surface area contributed by atoms with Crippen LogP contribution in [-0.2, 0) is 0 Å². The summed E-state index contributed by atoms with van der Waals surface area (Å²) in [6.45, 7) is 6.98. The molecule has 0 heteroatoms. The van der Waals surface area contributed by atoms with Gasteiger partial charge in [0.05, 0.1) is 0 Å². The highest BCUT2D eigenvalue weighted by atomic mass is 14.4. The van der Waals surface area contributed by atoms with Gasteiger partial charge in [0.1, 0.15) is 0 Å². The third-order valence-corrected chi connectivity index (χ3v) is 2.83. The summed E-state index contributed by atoms with van der Waals surface area (Å²) in [7, 11) is 0. The molecule has 0 aliphatic heterocycles. The second kappa shape index (κ2) is 3.41. The molecule has 0 aromatic rings. The molecule has 2 atom stereocenters. The first-order chi connectivity index (χ1) is 4.75. The summed E-state index contributed by atoms with van der Waals surface area (Å²) in [5, 5.41) is 0. The molecule has 2 unspecified atom stereocenters. The number of unbranched alkanes of at least 4 members (excludes halogenated alkanes) is 1. The van der Waals surface area contributed by atoms with Gasteiger partial charge in [-0.3, -0.25) is 0 Å². The SMILES string of the molecule is CCCCC1[C-](C)CC1C. The van der Waals surface area contributed by atoms with Gasteiger partial charge in [-0.2, -0.15) is 19.3 Å². The molecule has 0 aromatic heterocycles. The van der Waals surface area contributed by atoms with Crippen LogP contribution in [0.15, 0.2) is 0 Å². The zero-order valence-corrected chi connectivity index (χ0v) is 7.48. The van der Waals surface area contributed by atoms with Crippen LogP contribution in [-0.4, -0.2) is 0 Å². The highest BCUT2D eigenvalue weighted by Gasteiger charge is 2.21. The Morgan fingerprint density at radius 2 is 2.20 bits per heavy atom. The molecule has 60 valence electrons. The van der Waals surface area contributed by atoms with Gasteiger partial charge in [0, 0.05) is 0 Å². The van der Waals surface area contributed by atoms with Crippen molar-refractivity contribution < 1.29 is 0 Å². The third-order valence-electron chi connectivity index (χ3n) is 2.83. The normalized spacial score (nSPS) is 33.9. The highest BCUT2D eigenvalue weighted by molar-refractivity contribution is 5.05. The molecule has 10 heavy (non-hydrogen) atoms. The van der Waals surface area contributed by atoms with Crippen molar-refractivity contribution in [2.45, 2.75) is 46.5 Å². The van der Waals surface area contributed by atoms with E-state index in [1.165, 1.54) is 25.7 Å². The van der Waals surface area contributed by atoms with Gasteiger partial charge in [-0.25, -0.2) is 0 Å². The lowest BCUT2D eigenvalue weighted by Crippen LogP contribution is -2.30. The van der Waals surface area contributed by atoms with Gasteiger partial charge in [0.25, 0.3) is 0 Å². The van der Waals surface area contributed by atoms with Crippen LogP contribution < -0.4 is 0 Å². The molecule has 0 heterocycles. The maximum Gasteiger partial charge on any atom is -0.0557 e. The minimum absolute atomic E-state index is 0.986.